The van der Waals surface area contributed by atoms with Crippen LogP contribution in [0.25, 0.3) is 11.1 Å². The third kappa shape index (κ3) is 16.9. The van der Waals surface area contributed by atoms with Gasteiger partial charge in [-0.05, 0) is 72.9 Å². The van der Waals surface area contributed by atoms with Crippen molar-refractivity contribution in [2.75, 3.05) is 56.6 Å². The molecule has 0 bridgehead atoms. The maximum absolute atomic E-state index is 12.9. The van der Waals surface area contributed by atoms with Crippen LogP contribution < -0.4 is 5.32 Å². The summed E-state index contributed by atoms with van der Waals surface area (Å²) in [5.74, 6) is -0.408. The first kappa shape index (κ1) is 45.3. The molecular weight excluding hydrogens is 729 g/mol. The van der Waals surface area contributed by atoms with Crippen LogP contribution in [0.15, 0.2) is 42.5 Å². The van der Waals surface area contributed by atoms with Crippen molar-refractivity contribution in [3.8, 4) is 11.1 Å². The number of likely N-dealkylation sites (tertiary alicyclic amines) is 1. The monoisotopic (exact) mass is 786 g/mol. The SMILES string of the molecule is CCCS(C)(=O)=O.CCS(C)(=O)=O.Cc1ccccc1-c1cc(CN2C[C@@H](S(C)(=O)=O)C[C@H]2COCC2CCCCC2)ccc1C(=O)NCC(=O)O. The molecule has 0 radical (unpaired) electrons. The first-order valence-electron chi connectivity index (χ1n) is 17.8. The number of carboxylic acids is 1. The Labute approximate surface area is 311 Å². The lowest BCUT2D eigenvalue weighted by atomic mass is 9.90. The molecule has 0 spiro atoms. The fourth-order valence-electron chi connectivity index (χ4n) is 6.18. The largest absolute Gasteiger partial charge is 0.480 e. The summed E-state index contributed by atoms with van der Waals surface area (Å²) in [6, 6.07) is 13.3. The number of hydrogen-bond acceptors (Lipinski definition) is 10. The van der Waals surface area contributed by atoms with Crippen molar-refractivity contribution in [2.24, 2.45) is 5.92 Å². The number of carbonyl (C=O) groups is 2. The van der Waals surface area contributed by atoms with Gasteiger partial charge in [-0.3, -0.25) is 14.5 Å². The number of hydrogen-bond donors (Lipinski definition) is 2. The second-order valence-corrected chi connectivity index (χ2v) is 20.9. The van der Waals surface area contributed by atoms with Crippen LogP contribution in [0.3, 0.4) is 0 Å². The molecule has 1 aliphatic carbocycles. The van der Waals surface area contributed by atoms with E-state index in [4.69, 9.17) is 9.84 Å². The first-order chi connectivity index (χ1) is 24.2. The van der Waals surface area contributed by atoms with Crippen molar-refractivity contribution in [1.29, 1.82) is 0 Å². The highest BCUT2D eigenvalue weighted by molar-refractivity contribution is 7.91. The summed E-state index contributed by atoms with van der Waals surface area (Å²) in [5.41, 5.74) is 3.96. The molecule has 1 saturated carbocycles. The van der Waals surface area contributed by atoms with Gasteiger partial charge in [-0.15, -0.1) is 0 Å². The summed E-state index contributed by atoms with van der Waals surface area (Å²) >= 11 is 0. The standard InChI is InChI=1S/C30H40N2O6S.C4H10O2S.C3H8O2S/c1-21-8-6-7-11-26(21)28-14-23(12-13-27(28)30(35)31-16-29(33)34)17-32-18-25(39(2,36)37)15-24(32)20-38-19-22-9-4-3-5-10-22;1-3-4-7(2,5)6;1-3-6(2,4)5/h6-8,11-14,22,24-25H,3-5,9-10,15-20H2,1-2H3,(H,31,35)(H,33,34);3-4H2,1-2H3;3H2,1-2H3/t24-,25-;;/m0../s1. The van der Waals surface area contributed by atoms with E-state index in [1.807, 2.05) is 50.2 Å². The Morgan fingerprint density at radius 2 is 1.52 bits per heavy atom. The molecule has 2 aromatic rings. The van der Waals surface area contributed by atoms with Crippen LogP contribution in [0.2, 0.25) is 0 Å². The number of nitrogens with zero attached hydrogens (tertiary/aromatic N) is 1. The van der Waals surface area contributed by atoms with E-state index < -0.39 is 53.2 Å². The van der Waals surface area contributed by atoms with Gasteiger partial charge in [0.25, 0.3) is 5.91 Å². The maximum Gasteiger partial charge on any atom is 0.322 e. The number of carboxylic acid groups (broad SMARTS) is 1. The molecule has 0 unspecified atom stereocenters. The zero-order valence-electron chi connectivity index (χ0n) is 31.5. The van der Waals surface area contributed by atoms with E-state index in [0.29, 0.717) is 43.4 Å². The van der Waals surface area contributed by atoms with Crippen LogP contribution in [-0.4, -0.2) is 115 Å². The molecule has 0 aromatic heterocycles. The van der Waals surface area contributed by atoms with Gasteiger partial charge >= 0.3 is 5.97 Å². The van der Waals surface area contributed by atoms with Gasteiger partial charge < -0.3 is 15.2 Å². The Morgan fingerprint density at radius 1 is 0.885 bits per heavy atom. The summed E-state index contributed by atoms with van der Waals surface area (Å²) in [4.78, 5) is 26.1. The van der Waals surface area contributed by atoms with Crippen LogP contribution in [-0.2, 0) is 45.6 Å². The van der Waals surface area contributed by atoms with E-state index in [9.17, 15) is 34.8 Å². The van der Waals surface area contributed by atoms with Crippen LogP contribution in [0.1, 0.15) is 80.3 Å². The number of aryl methyl sites for hydroxylation is 1. The molecular formula is C37H58N2O10S3. The molecule has 2 aromatic carbocycles. The summed E-state index contributed by atoms with van der Waals surface area (Å²) in [5, 5.41) is 11.0. The van der Waals surface area contributed by atoms with Gasteiger partial charge in [0, 0.05) is 61.6 Å². The Hall–Kier alpha value is -2.85. The minimum atomic E-state index is -3.19. The van der Waals surface area contributed by atoms with Gasteiger partial charge in [0.2, 0.25) is 0 Å². The van der Waals surface area contributed by atoms with E-state index in [0.717, 1.165) is 35.3 Å². The van der Waals surface area contributed by atoms with E-state index in [-0.39, 0.29) is 11.8 Å². The zero-order valence-corrected chi connectivity index (χ0v) is 33.9. The first-order valence-corrected chi connectivity index (χ1v) is 23.9. The van der Waals surface area contributed by atoms with Crippen molar-refractivity contribution >= 4 is 41.4 Å². The second-order valence-electron chi connectivity index (χ2n) is 13.9. The number of aliphatic carboxylic acids is 1. The molecule has 4 rings (SSSR count). The van der Waals surface area contributed by atoms with E-state index in [2.05, 4.69) is 10.2 Å². The molecule has 15 heteroatoms. The molecule has 52 heavy (non-hydrogen) atoms. The number of nitrogens with one attached hydrogen (secondary N) is 1. The highest BCUT2D eigenvalue weighted by atomic mass is 32.2. The van der Waals surface area contributed by atoms with Crippen LogP contribution in [0.4, 0.5) is 0 Å². The third-order valence-electron chi connectivity index (χ3n) is 9.13. The smallest absolute Gasteiger partial charge is 0.322 e. The maximum atomic E-state index is 12.9. The van der Waals surface area contributed by atoms with Crippen LogP contribution in [0.5, 0.6) is 0 Å². The minimum Gasteiger partial charge on any atom is -0.480 e. The Balaban J connectivity index is 0.000000614. The van der Waals surface area contributed by atoms with E-state index in [1.54, 1.807) is 13.0 Å². The number of sulfone groups is 3. The minimum absolute atomic E-state index is 0.00577. The lowest BCUT2D eigenvalue weighted by Gasteiger charge is -2.26. The van der Waals surface area contributed by atoms with Crippen molar-refractivity contribution in [3.05, 3.63) is 59.2 Å². The van der Waals surface area contributed by atoms with Gasteiger partial charge in [-0.1, -0.05) is 63.4 Å². The Morgan fingerprint density at radius 3 is 2.04 bits per heavy atom. The number of benzene rings is 2. The van der Waals surface area contributed by atoms with Gasteiger partial charge in [0.05, 0.1) is 11.9 Å². The topological polar surface area (TPSA) is 181 Å². The fourth-order valence-corrected chi connectivity index (χ4v) is 7.96. The molecule has 2 atom stereocenters. The average molecular weight is 787 g/mol. The summed E-state index contributed by atoms with van der Waals surface area (Å²) in [7, 11) is -8.53. The third-order valence-corrected chi connectivity index (χ3v) is 12.9. The van der Waals surface area contributed by atoms with Crippen molar-refractivity contribution in [1.82, 2.24) is 10.2 Å². The lowest BCUT2D eigenvalue weighted by molar-refractivity contribution is -0.135. The van der Waals surface area contributed by atoms with Gasteiger partial charge in [0.15, 0.2) is 9.84 Å². The number of amides is 1. The quantitative estimate of drug-likeness (QED) is 0.274. The van der Waals surface area contributed by atoms with Crippen molar-refractivity contribution in [2.45, 2.75) is 83.6 Å². The molecule has 2 fully saturated rings. The van der Waals surface area contributed by atoms with E-state index in [1.165, 1.54) is 50.9 Å². The molecule has 1 aliphatic heterocycles. The predicted octanol–water partition coefficient (Wildman–Crippen LogP) is 4.55. The van der Waals surface area contributed by atoms with Crippen molar-refractivity contribution < 1.29 is 44.7 Å². The molecule has 2 N–H and O–H groups in total. The number of carbonyl (C=O) groups excluding carboxylic acids is 1. The van der Waals surface area contributed by atoms with Gasteiger partial charge in [-0.25, -0.2) is 25.3 Å². The molecule has 1 amide bonds. The molecule has 12 nitrogen and oxygen atoms in total. The molecule has 1 heterocycles. The lowest BCUT2D eigenvalue weighted by Crippen LogP contribution is -2.34. The average Bonchev–Trinajstić information content (AvgIpc) is 3.47. The number of rotatable bonds is 14. The highest BCUT2D eigenvalue weighted by Crippen LogP contribution is 2.31. The zero-order chi connectivity index (χ0) is 39.1. The molecule has 294 valence electrons. The highest BCUT2D eigenvalue weighted by Gasteiger charge is 2.37. The second kappa shape index (κ2) is 21.1. The summed E-state index contributed by atoms with van der Waals surface area (Å²) in [6.45, 7) is 7.18. The summed E-state index contributed by atoms with van der Waals surface area (Å²) < 4.78 is 71.5. The van der Waals surface area contributed by atoms with Crippen LogP contribution >= 0.6 is 0 Å². The predicted molar refractivity (Wildman–Crippen MR) is 207 cm³/mol. The molecule has 2 aliphatic rings. The normalized spacial score (nSPS) is 18.4. The van der Waals surface area contributed by atoms with E-state index >= 15 is 0 Å². The van der Waals surface area contributed by atoms with Gasteiger partial charge in [0.1, 0.15) is 26.2 Å². The fraction of sp³-hybridized carbons (Fsp3) is 0.622. The van der Waals surface area contributed by atoms with Gasteiger partial charge in [-0.2, -0.15) is 0 Å². The molecule has 1 saturated heterocycles. The number of ether oxygens (including phenoxy) is 1. The summed E-state index contributed by atoms with van der Waals surface area (Å²) in [6.07, 6.45) is 11.3. The Bertz CT molecular complexity index is 1790. The van der Waals surface area contributed by atoms with Crippen molar-refractivity contribution in [3.63, 3.8) is 0 Å². The Kier molecular flexibility index (Phi) is 18.4. The van der Waals surface area contributed by atoms with Crippen LogP contribution in [0, 0.1) is 12.8 Å².